The number of hydrogen-bond acceptors (Lipinski definition) is 1. The Labute approximate surface area is 74.5 Å². The van der Waals surface area contributed by atoms with Crippen LogP contribution < -0.4 is 10.6 Å². The van der Waals surface area contributed by atoms with E-state index in [0.29, 0.717) is 0 Å². The fourth-order valence-corrected chi connectivity index (χ4v) is 0.915. The predicted molar refractivity (Wildman–Crippen MR) is 55.1 cm³/mol. The highest BCUT2D eigenvalue weighted by Crippen LogP contribution is 1.66. The molecule has 0 bridgehead atoms. The first-order valence-corrected chi connectivity index (χ1v) is 4.42. The van der Waals surface area contributed by atoms with E-state index >= 15 is 0 Å². The standard InChI is InChI=1S/C9H11N.C2H6/c1-3-8-6-5-7-10-9(8)4-2;1-2/h3-7H,1-2H3;1-2H3/b8-3-,9-4+;. The Bertz CT molecular complexity index is 279. The zero-order chi connectivity index (χ0) is 9.40. The Morgan fingerprint density at radius 3 is 2.25 bits per heavy atom. The van der Waals surface area contributed by atoms with Gasteiger partial charge in [-0.3, -0.25) is 4.98 Å². The molecule has 0 fully saturated rings. The van der Waals surface area contributed by atoms with E-state index in [2.05, 4.69) is 17.1 Å². The molecule has 1 heteroatoms. The molecule has 0 amide bonds. The highest BCUT2D eigenvalue weighted by atomic mass is 14.6. The molecule has 0 N–H and O–H groups in total. The van der Waals surface area contributed by atoms with Gasteiger partial charge < -0.3 is 0 Å². The average molecular weight is 163 g/mol. The number of hydrogen-bond donors (Lipinski definition) is 0. The van der Waals surface area contributed by atoms with Gasteiger partial charge in [-0.1, -0.05) is 32.1 Å². The van der Waals surface area contributed by atoms with Gasteiger partial charge in [0.1, 0.15) is 0 Å². The van der Waals surface area contributed by atoms with E-state index in [1.54, 1.807) is 0 Å². The first-order valence-electron chi connectivity index (χ1n) is 4.42. The maximum absolute atomic E-state index is 4.18. The van der Waals surface area contributed by atoms with Crippen molar-refractivity contribution in [2.24, 2.45) is 0 Å². The molecule has 0 radical (unpaired) electrons. The predicted octanol–water partition coefficient (Wildman–Crippen LogP) is 1.71. The van der Waals surface area contributed by atoms with E-state index in [1.807, 2.05) is 46.0 Å². The van der Waals surface area contributed by atoms with Gasteiger partial charge in [-0.25, -0.2) is 0 Å². The number of rotatable bonds is 0. The Kier molecular flexibility index (Phi) is 5.98. The lowest BCUT2D eigenvalue weighted by Crippen LogP contribution is -2.26. The molecule has 1 nitrogen and oxygen atoms in total. The Morgan fingerprint density at radius 1 is 1.17 bits per heavy atom. The molecule has 0 spiro atoms. The number of aromatic nitrogens is 1. The summed E-state index contributed by atoms with van der Waals surface area (Å²) in [6.07, 6.45) is 5.88. The van der Waals surface area contributed by atoms with Gasteiger partial charge in [0.2, 0.25) is 0 Å². The maximum atomic E-state index is 4.18. The second-order valence-electron chi connectivity index (χ2n) is 2.06. The van der Waals surface area contributed by atoms with Crippen LogP contribution in [0.3, 0.4) is 0 Å². The minimum absolute atomic E-state index is 1.06. The largest absolute Gasteiger partial charge is 0.257 e. The Morgan fingerprint density at radius 2 is 1.83 bits per heavy atom. The maximum Gasteiger partial charge on any atom is 0.0656 e. The van der Waals surface area contributed by atoms with Crippen LogP contribution in [0.15, 0.2) is 18.3 Å². The third kappa shape index (κ3) is 2.87. The fourth-order valence-electron chi connectivity index (χ4n) is 0.915. The van der Waals surface area contributed by atoms with Crippen molar-refractivity contribution in [1.82, 2.24) is 4.98 Å². The van der Waals surface area contributed by atoms with Crippen molar-refractivity contribution >= 4 is 12.2 Å². The molecule has 12 heavy (non-hydrogen) atoms. The quantitative estimate of drug-likeness (QED) is 0.567. The van der Waals surface area contributed by atoms with Crippen LogP contribution >= 0.6 is 0 Å². The highest BCUT2D eigenvalue weighted by molar-refractivity contribution is 5.24. The van der Waals surface area contributed by atoms with Crippen LogP contribution in [0.1, 0.15) is 27.7 Å². The SMILES string of the molecule is C/C=c1/cccn/c1=C/C.CC. The lowest BCUT2D eigenvalue weighted by atomic mass is 10.3. The summed E-state index contributed by atoms with van der Waals surface area (Å²) in [6, 6.07) is 4.00. The molecular weight excluding hydrogens is 146 g/mol. The molecule has 66 valence electrons. The molecule has 1 rings (SSSR count). The van der Waals surface area contributed by atoms with Crippen LogP contribution in [-0.2, 0) is 0 Å². The summed E-state index contributed by atoms with van der Waals surface area (Å²) in [4.78, 5) is 4.18. The van der Waals surface area contributed by atoms with Gasteiger partial charge in [-0.2, -0.15) is 0 Å². The van der Waals surface area contributed by atoms with Crippen LogP contribution in [0.5, 0.6) is 0 Å². The van der Waals surface area contributed by atoms with Crippen LogP contribution in [-0.4, -0.2) is 4.98 Å². The van der Waals surface area contributed by atoms with Gasteiger partial charge in [0.15, 0.2) is 0 Å². The minimum atomic E-state index is 1.06. The second kappa shape index (κ2) is 6.59. The third-order valence-corrected chi connectivity index (χ3v) is 1.46. The van der Waals surface area contributed by atoms with Gasteiger partial charge in [-0.05, 0) is 25.1 Å². The first-order chi connectivity index (χ1) is 5.88. The first kappa shape index (κ1) is 10.9. The molecule has 0 saturated carbocycles. The van der Waals surface area contributed by atoms with Gasteiger partial charge in [-0.15, -0.1) is 0 Å². The van der Waals surface area contributed by atoms with E-state index < -0.39 is 0 Å². The Hall–Kier alpha value is -1.11. The minimum Gasteiger partial charge on any atom is -0.257 e. The van der Waals surface area contributed by atoms with Gasteiger partial charge >= 0.3 is 0 Å². The van der Waals surface area contributed by atoms with Crippen molar-refractivity contribution in [2.45, 2.75) is 27.7 Å². The fraction of sp³-hybridized carbons (Fsp3) is 0.364. The zero-order valence-corrected chi connectivity index (χ0v) is 8.33. The van der Waals surface area contributed by atoms with Gasteiger partial charge in [0, 0.05) is 6.20 Å². The summed E-state index contributed by atoms with van der Waals surface area (Å²) >= 11 is 0. The van der Waals surface area contributed by atoms with Crippen molar-refractivity contribution in [1.29, 1.82) is 0 Å². The topological polar surface area (TPSA) is 12.9 Å². The molecule has 0 aliphatic carbocycles. The summed E-state index contributed by atoms with van der Waals surface area (Å²) in [7, 11) is 0. The molecule has 0 unspecified atom stereocenters. The van der Waals surface area contributed by atoms with Gasteiger partial charge in [0.25, 0.3) is 0 Å². The average Bonchev–Trinajstić information content (AvgIpc) is 2.20. The normalized spacial score (nSPS) is 12.3. The molecule has 0 aliphatic heterocycles. The van der Waals surface area contributed by atoms with Crippen LogP contribution in [0.2, 0.25) is 0 Å². The number of nitrogens with zero attached hydrogens (tertiary/aromatic N) is 1. The molecule has 1 heterocycles. The summed E-state index contributed by atoms with van der Waals surface area (Å²) < 4.78 is 0. The van der Waals surface area contributed by atoms with E-state index in [4.69, 9.17) is 0 Å². The van der Waals surface area contributed by atoms with Crippen molar-refractivity contribution in [2.75, 3.05) is 0 Å². The van der Waals surface area contributed by atoms with E-state index in [9.17, 15) is 0 Å². The smallest absolute Gasteiger partial charge is 0.0656 e. The van der Waals surface area contributed by atoms with Crippen molar-refractivity contribution < 1.29 is 0 Å². The Balaban J connectivity index is 0.000000561. The van der Waals surface area contributed by atoms with Crippen molar-refractivity contribution in [3.8, 4) is 0 Å². The van der Waals surface area contributed by atoms with Crippen molar-refractivity contribution in [3.05, 3.63) is 28.9 Å². The highest BCUT2D eigenvalue weighted by Gasteiger charge is 1.78. The van der Waals surface area contributed by atoms with Crippen LogP contribution in [0.25, 0.3) is 12.2 Å². The third-order valence-electron chi connectivity index (χ3n) is 1.46. The summed E-state index contributed by atoms with van der Waals surface area (Å²) in [5.74, 6) is 0. The molecule has 0 aliphatic rings. The van der Waals surface area contributed by atoms with E-state index in [1.165, 1.54) is 5.22 Å². The molecule has 0 aromatic carbocycles. The van der Waals surface area contributed by atoms with Crippen LogP contribution in [0.4, 0.5) is 0 Å². The lowest BCUT2D eigenvalue weighted by molar-refractivity contribution is 1.21. The summed E-state index contributed by atoms with van der Waals surface area (Å²) in [5, 5.41) is 2.26. The monoisotopic (exact) mass is 163 g/mol. The zero-order valence-electron chi connectivity index (χ0n) is 8.33. The molecule has 1 aromatic heterocycles. The van der Waals surface area contributed by atoms with Crippen molar-refractivity contribution in [3.63, 3.8) is 0 Å². The van der Waals surface area contributed by atoms with E-state index in [0.717, 1.165) is 5.35 Å². The molecule has 1 aromatic rings. The summed E-state index contributed by atoms with van der Waals surface area (Å²) in [5.41, 5.74) is 0. The molecule has 0 atom stereocenters. The summed E-state index contributed by atoms with van der Waals surface area (Å²) in [6.45, 7) is 8.01. The number of pyridine rings is 1. The lowest BCUT2D eigenvalue weighted by Gasteiger charge is -1.84. The molecular formula is C11H17N. The second-order valence-corrected chi connectivity index (χ2v) is 2.06. The molecule has 0 saturated heterocycles. The van der Waals surface area contributed by atoms with E-state index in [-0.39, 0.29) is 0 Å². The van der Waals surface area contributed by atoms with Gasteiger partial charge in [0.05, 0.1) is 5.35 Å². The van der Waals surface area contributed by atoms with Crippen LogP contribution in [0, 0.1) is 0 Å².